The molecule has 25 heavy (non-hydrogen) atoms. The molecule has 2 saturated heterocycles. The topological polar surface area (TPSA) is 40.6 Å². The fourth-order valence-electron chi connectivity index (χ4n) is 4.47. The van der Waals surface area contributed by atoms with Gasteiger partial charge in [0, 0.05) is 50.5 Å². The number of carbonyl (C=O) groups is 2. The van der Waals surface area contributed by atoms with Crippen LogP contribution in [0.4, 0.5) is 0 Å². The second kappa shape index (κ2) is 9.84. The van der Waals surface area contributed by atoms with E-state index in [1.54, 1.807) is 11.8 Å². The van der Waals surface area contributed by atoms with Crippen molar-refractivity contribution in [3.63, 3.8) is 0 Å². The molecule has 4 atom stereocenters. The maximum atomic E-state index is 12.3. The average molecular weight is 369 g/mol. The lowest BCUT2D eigenvalue weighted by atomic mass is 9.92. The van der Waals surface area contributed by atoms with Crippen LogP contribution in [0.1, 0.15) is 53.4 Å². The highest BCUT2D eigenvalue weighted by atomic mass is 32.2. The first kappa shape index (κ1) is 20.6. The smallest absolute Gasteiger partial charge is 0.223 e. The van der Waals surface area contributed by atoms with E-state index in [0.29, 0.717) is 36.5 Å². The van der Waals surface area contributed by atoms with Crippen LogP contribution in [-0.2, 0) is 9.59 Å². The molecule has 0 bridgehead atoms. The van der Waals surface area contributed by atoms with Gasteiger partial charge < -0.3 is 9.80 Å². The molecule has 2 aliphatic heterocycles. The van der Waals surface area contributed by atoms with Gasteiger partial charge in [-0.1, -0.05) is 27.7 Å². The van der Waals surface area contributed by atoms with E-state index in [4.69, 9.17) is 0 Å². The Bertz CT molecular complexity index is 397. The summed E-state index contributed by atoms with van der Waals surface area (Å²) < 4.78 is 0. The van der Waals surface area contributed by atoms with E-state index in [0.717, 1.165) is 37.7 Å². The molecule has 0 saturated carbocycles. The minimum Gasteiger partial charge on any atom is -0.342 e. The van der Waals surface area contributed by atoms with Crippen molar-refractivity contribution in [3.05, 3.63) is 0 Å². The molecule has 4 nitrogen and oxygen atoms in total. The molecule has 2 amide bonds. The SMILES string of the molecule is C[C@@H]1C[C@@H](C)CN(C(=O)CCSCCC(=O)N2C[C@H](C)C[C@@H](C)C2)C1. The zero-order chi connectivity index (χ0) is 18.4. The van der Waals surface area contributed by atoms with Crippen molar-refractivity contribution in [1.82, 2.24) is 9.80 Å². The number of amides is 2. The molecule has 0 N–H and O–H groups in total. The van der Waals surface area contributed by atoms with Gasteiger partial charge >= 0.3 is 0 Å². The Morgan fingerprint density at radius 3 is 1.36 bits per heavy atom. The van der Waals surface area contributed by atoms with Gasteiger partial charge in [-0.25, -0.2) is 0 Å². The Kier molecular flexibility index (Phi) is 8.11. The molecule has 0 unspecified atom stereocenters. The van der Waals surface area contributed by atoms with Crippen molar-refractivity contribution < 1.29 is 9.59 Å². The van der Waals surface area contributed by atoms with E-state index in [1.165, 1.54) is 12.8 Å². The number of carbonyl (C=O) groups excluding carboxylic acids is 2. The van der Waals surface area contributed by atoms with Crippen LogP contribution in [0.5, 0.6) is 0 Å². The Labute approximate surface area is 158 Å². The van der Waals surface area contributed by atoms with Crippen molar-refractivity contribution in [3.8, 4) is 0 Å². The monoisotopic (exact) mass is 368 g/mol. The maximum Gasteiger partial charge on any atom is 0.223 e. The third-order valence-corrected chi connectivity index (χ3v) is 6.35. The Hall–Kier alpha value is -0.710. The highest BCUT2D eigenvalue weighted by molar-refractivity contribution is 7.99. The van der Waals surface area contributed by atoms with Crippen LogP contribution in [0.25, 0.3) is 0 Å². The third-order valence-electron chi connectivity index (χ3n) is 5.36. The molecule has 2 rings (SSSR count). The number of hydrogen-bond acceptors (Lipinski definition) is 3. The molecule has 2 heterocycles. The third kappa shape index (κ3) is 6.84. The Morgan fingerprint density at radius 2 is 1.04 bits per heavy atom. The zero-order valence-electron chi connectivity index (χ0n) is 16.5. The van der Waals surface area contributed by atoms with E-state index in [1.807, 2.05) is 9.80 Å². The lowest BCUT2D eigenvalue weighted by Crippen LogP contribution is -2.43. The van der Waals surface area contributed by atoms with Crippen LogP contribution in [-0.4, -0.2) is 59.3 Å². The van der Waals surface area contributed by atoms with Crippen molar-refractivity contribution in [2.75, 3.05) is 37.7 Å². The molecular formula is C20H36N2O2S. The summed E-state index contributed by atoms with van der Waals surface area (Å²) in [6, 6.07) is 0. The molecule has 0 aromatic carbocycles. The highest BCUT2D eigenvalue weighted by Crippen LogP contribution is 2.23. The number of likely N-dealkylation sites (tertiary alicyclic amines) is 2. The number of nitrogens with zero attached hydrogens (tertiary/aromatic N) is 2. The lowest BCUT2D eigenvalue weighted by molar-refractivity contribution is -0.134. The normalized spacial score (nSPS) is 30.4. The van der Waals surface area contributed by atoms with Gasteiger partial charge in [0.2, 0.25) is 11.8 Å². The van der Waals surface area contributed by atoms with Crippen LogP contribution in [0, 0.1) is 23.7 Å². The van der Waals surface area contributed by atoms with Crippen LogP contribution in [0.3, 0.4) is 0 Å². The second-order valence-corrected chi connectivity index (χ2v) is 9.83. The summed E-state index contributed by atoms with van der Waals surface area (Å²) in [6.07, 6.45) is 3.68. The molecular weight excluding hydrogens is 332 g/mol. The van der Waals surface area contributed by atoms with Gasteiger partial charge in [-0.15, -0.1) is 0 Å². The number of rotatable bonds is 6. The van der Waals surface area contributed by atoms with E-state index >= 15 is 0 Å². The van der Waals surface area contributed by atoms with Gasteiger partial charge in [-0.05, 0) is 36.5 Å². The van der Waals surface area contributed by atoms with Crippen LogP contribution < -0.4 is 0 Å². The summed E-state index contributed by atoms with van der Waals surface area (Å²) in [6.45, 7) is 12.6. The van der Waals surface area contributed by atoms with Crippen LogP contribution in [0.2, 0.25) is 0 Å². The van der Waals surface area contributed by atoms with E-state index in [2.05, 4.69) is 27.7 Å². The Morgan fingerprint density at radius 1 is 0.720 bits per heavy atom. The fourth-order valence-corrected chi connectivity index (χ4v) is 5.31. The molecule has 2 aliphatic rings. The summed E-state index contributed by atoms with van der Waals surface area (Å²) in [4.78, 5) is 28.8. The van der Waals surface area contributed by atoms with Crippen LogP contribution >= 0.6 is 11.8 Å². The van der Waals surface area contributed by atoms with Gasteiger partial charge in [0.15, 0.2) is 0 Å². The van der Waals surface area contributed by atoms with Gasteiger partial charge in [-0.3, -0.25) is 9.59 Å². The molecule has 5 heteroatoms. The van der Waals surface area contributed by atoms with E-state index in [9.17, 15) is 9.59 Å². The maximum absolute atomic E-state index is 12.3. The quantitative estimate of drug-likeness (QED) is 0.674. The van der Waals surface area contributed by atoms with Crippen molar-refractivity contribution in [2.24, 2.45) is 23.7 Å². The minimum absolute atomic E-state index is 0.288. The predicted molar refractivity (Wildman–Crippen MR) is 106 cm³/mol. The minimum atomic E-state index is 0.288. The van der Waals surface area contributed by atoms with Gasteiger partial charge in [-0.2, -0.15) is 11.8 Å². The largest absolute Gasteiger partial charge is 0.342 e. The molecule has 2 fully saturated rings. The molecule has 0 spiro atoms. The standard InChI is InChI=1S/C20H36N2O2S/c1-15-9-16(2)12-21(11-15)19(23)5-7-25-8-6-20(24)22-13-17(3)10-18(4)14-22/h15-18H,5-14H2,1-4H3/t15-,16-,17-,18-/m1/s1. The van der Waals surface area contributed by atoms with Crippen molar-refractivity contribution in [2.45, 2.75) is 53.4 Å². The first-order valence-electron chi connectivity index (χ1n) is 9.98. The van der Waals surface area contributed by atoms with Crippen LogP contribution in [0.15, 0.2) is 0 Å². The summed E-state index contributed by atoms with van der Waals surface area (Å²) >= 11 is 1.75. The lowest BCUT2D eigenvalue weighted by Gasteiger charge is -2.35. The fraction of sp³-hybridized carbons (Fsp3) is 0.900. The molecule has 0 aromatic heterocycles. The van der Waals surface area contributed by atoms with Crippen molar-refractivity contribution in [1.29, 1.82) is 0 Å². The highest BCUT2D eigenvalue weighted by Gasteiger charge is 2.26. The molecule has 0 aliphatic carbocycles. The number of hydrogen-bond donors (Lipinski definition) is 0. The first-order valence-corrected chi connectivity index (χ1v) is 11.1. The number of piperidine rings is 2. The van der Waals surface area contributed by atoms with Gasteiger partial charge in [0.25, 0.3) is 0 Å². The molecule has 0 aromatic rings. The summed E-state index contributed by atoms with van der Waals surface area (Å²) in [5.41, 5.74) is 0. The predicted octanol–water partition coefficient (Wildman–Crippen LogP) is 3.51. The molecule has 144 valence electrons. The first-order chi connectivity index (χ1) is 11.8. The Balaban J connectivity index is 1.59. The summed E-state index contributed by atoms with van der Waals surface area (Å²) in [7, 11) is 0. The summed E-state index contributed by atoms with van der Waals surface area (Å²) in [5, 5.41) is 0. The van der Waals surface area contributed by atoms with Gasteiger partial charge in [0.05, 0.1) is 0 Å². The molecule has 0 radical (unpaired) electrons. The number of thioether (sulfide) groups is 1. The average Bonchev–Trinajstić information content (AvgIpc) is 2.52. The van der Waals surface area contributed by atoms with E-state index in [-0.39, 0.29) is 11.8 Å². The van der Waals surface area contributed by atoms with Gasteiger partial charge in [0.1, 0.15) is 0 Å². The van der Waals surface area contributed by atoms with Crippen molar-refractivity contribution >= 4 is 23.6 Å². The van der Waals surface area contributed by atoms with E-state index < -0.39 is 0 Å². The summed E-state index contributed by atoms with van der Waals surface area (Å²) in [5.74, 6) is 4.71. The second-order valence-electron chi connectivity index (χ2n) is 8.60. The zero-order valence-corrected chi connectivity index (χ0v) is 17.3.